The van der Waals surface area contributed by atoms with Crippen molar-refractivity contribution in [2.45, 2.75) is 12.7 Å². The Morgan fingerprint density at radius 3 is 2.28 bits per heavy atom. The van der Waals surface area contributed by atoms with E-state index < -0.39 is 17.3 Å². The average Bonchev–Trinajstić information content (AvgIpc) is 3.20. The summed E-state index contributed by atoms with van der Waals surface area (Å²) < 4.78 is 43.2. The molecule has 4 aromatic rings. The summed E-state index contributed by atoms with van der Waals surface area (Å²) in [5.41, 5.74) is 1.28. The smallest absolute Gasteiger partial charge is 0.317 e. The first kappa shape index (κ1) is 21.8. The lowest BCUT2D eigenvalue weighted by Crippen LogP contribution is -2.24. The van der Waals surface area contributed by atoms with Crippen molar-refractivity contribution in [2.75, 3.05) is 5.88 Å². The number of hydrogen-bond donors (Lipinski definition) is 0. The highest BCUT2D eigenvalue weighted by Crippen LogP contribution is 2.34. The van der Waals surface area contributed by atoms with Gasteiger partial charge in [0.25, 0.3) is 5.56 Å². The van der Waals surface area contributed by atoms with Gasteiger partial charge < -0.3 is 9.13 Å². The molecular weight excluding hydrogens is 441 g/mol. The number of aryl methyl sites for hydroxylation is 2. The molecule has 2 aromatic heterocycles. The Labute approximate surface area is 186 Å². The van der Waals surface area contributed by atoms with Crippen LogP contribution in [0.2, 0.25) is 0 Å². The molecule has 2 heterocycles. The molecule has 0 bridgehead atoms. The van der Waals surface area contributed by atoms with Crippen LogP contribution in [0.4, 0.5) is 13.2 Å². The Hall–Kier alpha value is -3.39. The van der Waals surface area contributed by atoms with E-state index in [4.69, 9.17) is 11.6 Å². The molecule has 5 nitrogen and oxygen atoms in total. The van der Waals surface area contributed by atoms with Gasteiger partial charge in [-0.05, 0) is 28.8 Å². The molecule has 0 aliphatic carbocycles. The highest BCUT2D eigenvalue weighted by molar-refractivity contribution is 6.17. The number of nitrogens with zero attached hydrogens (tertiary/aromatic N) is 4. The maximum atomic E-state index is 13.5. The van der Waals surface area contributed by atoms with Crippen molar-refractivity contribution >= 4 is 11.6 Å². The number of benzene rings is 2. The zero-order chi connectivity index (χ0) is 22.9. The Bertz CT molecular complexity index is 1330. The first-order chi connectivity index (χ1) is 15.3. The summed E-state index contributed by atoms with van der Waals surface area (Å²) in [6.45, 7) is -0.0218. The fraction of sp³-hybridized carbons (Fsp3) is 0.174. The molecule has 9 heteroatoms. The number of rotatable bonds is 5. The van der Waals surface area contributed by atoms with Crippen LogP contribution in [-0.2, 0) is 19.8 Å². The van der Waals surface area contributed by atoms with Crippen LogP contribution < -0.4 is 5.56 Å². The molecule has 0 aliphatic heterocycles. The number of alkyl halides is 4. The molecule has 164 valence electrons. The van der Waals surface area contributed by atoms with E-state index in [1.54, 1.807) is 29.1 Å². The highest BCUT2D eigenvalue weighted by atomic mass is 35.5. The van der Waals surface area contributed by atoms with Crippen LogP contribution in [0.25, 0.3) is 33.6 Å². The maximum Gasteiger partial charge on any atom is 0.417 e. The zero-order valence-corrected chi connectivity index (χ0v) is 17.7. The van der Waals surface area contributed by atoms with Crippen molar-refractivity contribution < 1.29 is 13.2 Å². The number of aromatic nitrogens is 4. The largest absolute Gasteiger partial charge is 0.417 e. The Morgan fingerprint density at radius 1 is 0.969 bits per heavy atom. The first-order valence-electron chi connectivity index (χ1n) is 9.71. The molecular formula is C23H18ClF3N4O. The predicted molar refractivity (Wildman–Crippen MR) is 117 cm³/mol. The second kappa shape index (κ2) is 8.63. The lowest BCUT2D eigenvalue weighted by Gasteiger charge is -2.14. The van der Waals surface area contributed by atoms with Gasteiger partial charge in [0.05, 0.1) is 5.56 Å². The molecule has 0 unspecified atom stereocenters. The van der Waals surface area contributed by atoms with E-state index >= 15 is 0 Å². The molecule has 2 aromatic carbocycles. The summed E-state index contributed by atoms with van der Waals surface area (Å²) >= 11 is 5.70. The van der Waals surface area contributed by atoms with E-state index in [0.717, 1.165) is 33.5 Å². The van der Waals surface area contributed by atoms with Crippen molar-refractivity contribution in [3.05, 3.63) is 83.0 Å². The summed E-state index contributed by atoms with van der Waals surface area (Å²) in [4.78, 5) is 12.9. The van der Waals surface area contributed by atoms with Gasteiger partial charge in [0.15, 0.2) is 5.82 Å². The summed E-state index contributed by atoms with van der Waals surface area (Å²) in [5, 5.41) is 8.08. The van der Waals surface area contributed by atoms with E-state index in [2.05, 4.69) is 10.2 Å². The van der Waals surface area contributed by atoms with Gasteiger partial charge in [-0.2, -0.15) is 13.2 Å². The van der Waals surface area contributed by atoms with E-state index in [0.29, 0.717) is 11.4 Å². The summed E-state index contributed by atoms with van der Waals surface area (Å²) in [7, 11) is 1.82. The van der Waals surface area contributed by atoms with Gasteiger partial charge in [0.2, 0.25) is 0 Å². The molecule has 0 spiro atoms. The fourth-order valence-electron chi connectivity index (χ4n) is 3.57. The van der Waals surface area contributed by atoms with Crippen LogP contribution in [-0.4, -0.2) is 25.2 Å². The molecule has 4 rings (SSSR count). The lowest BCUT2D eigenvalue weighted by atomic mass is 9.95. The third-order valence-electron chi connectivity index (χ3n) is 5.10. The van der Waals surface area contributed by atoms with Gasteiger partial charge in [-0.3, -0.25) is 4.79 Å². The maximum absolute atomic E-state index is 13.5. The Morgan fingerprint density at radius 2 is 1.66 bits per heavy atom. The summed E-state index contributed by atoms with van der Waals surface area (Å²) in [5.74, 6) is 0.667. The minimum atomic E-state index is -4.59. The van der Waals surface area contributed by atoms with Crippen molar-refractivity contribution in [2.24, 2.45) is 7.05 Å². The second-order valence-corrected chi connectivity index (χ2v) is 7.60. The summed E-state index contributed by atoms with van der Waals surface area (Å²) in [6.07, 6.45) is -2.20. The topological polar surface area (TPSA) is 52.7 Å². The number of halogens is 4. The van der Waals surface area contributed by atoms with Gasteiger partial charge in [-0.25, -0.2) is 0 Å². The molecule has 0 fully saturated rings. The quantitative estimate of drug-likeness (QED) is 0.384. The molecule has 0 N–H and O–H groups in total. The lowest BCUT2D eigenvalue weighted by molar-refractivity contribution is -0.138. The van der Waals surface area contributed by atoms with Crippen molar-refractivity contribution in [1.82, 2.24) is 19.3 Å². The molecule has 0 aliphatic rings. The number of hydrogen-bond acceptors (Lipinski definition) is 3. The van der Waals surface area contributed by atoms with Crippen LogP contribution >= 0.6 is 11.6 Å². The molecule has 0 atom stereocenters. The third kappa shape index (κ3) is 4.18. The number of pyridine rings is 1. The van der Waals surface area contributed by atoms with Crippen LogP contribution in [0.5, 0.6) is 0 Å². The molecule has 0 saturated carbocycles. The van der Waals surface area contributed by atoms with Gasteiger partial charge in [0, 0.05) is 36.8 Å². The van der Waals surface area contributed by atoms with Crippen LogP contribution in [0, 0.1) is 0 Å². The van der Waals surface area contributed by atoms with Crippen LogP contribution in [0.15, 0.2) is 71.9 Å². The van der Waals surface area contributed by atoms with Crippen LogP contribution in [0.1, 0.15) is 5.56 Å². The van der Waals surface area contributed by atoms with E-state index in [9.17, 15) is 18.0 Å². The third-order valence-corrected chi connectivity index (χ3v) is 5.27. The summed E-state index contributed by atoms with van der Waals surface area (Å²) in [6, 6.07) is 15.3. The Balaban J connectivity index is 1.88. The Kier molecular flexibility index (Phi) is 5.88. The standard InChI is InChI=1S/C23H18ClF3N4O/c1-30-14-28-29-21(30)19-8-3-2-7-18(19)15-5-4-6-16(11-15)20-12-17(23(25,26)27)13-31(10-9-24)22(20)32/h2-8,11-14H,9-10H2,1H3. The monoisotopic (exact) mass is 458 g/mol. The van der Waals surface area contributed by atoms with Crippen molar-refractivity contribution in [3.63, 3.8) is 0 Å². The van der Waals surface area contributed by atoms with E-state index in [1.165, 1.54) is 0 Å². The predicted octanol–water partition coefficient (Wildman–Crippen LogP) is 5.24. The average molecular weight is 459 g/mol. The molecule has 0 saturated heterocycles. The van der Waals surface area contributed by atoms with Crippen molar-refractivity contribution in [3.8, 4) is 33.6 Å². The normalized spacial score (nSPS) is 11.7. The zero-order valence-electron chi connectivity index (χ0n) is 17.0. The van der Waals surface area contributed by atoms with E-state index in [-0.39, 0.29) is 18.0 Å². The minimum absolute atomic E-state index is 0.0196. The first-order valence-corrected chi connectivity index (χ1v) is 10.2. The van der Waals surface area contributed by atoms with Crippen LogP contribution in [0.3, 0.4) is 0 Å². The fourth-order valence-corrected chi connectivity index (χ4v) is 3.75. The molecule has 0 radical (unpaired) electrons. The van der Waals surface area contributed by atoms with Gasteiger partial charge in [-0.15, -0.1) is 21.8 Å². The van der Waals surface area contributed by atoms with Crippen molar-refractivity contribution in [1.29, 1.82) is 0 Å². The van der Waals surface area contributed by atoms with Gasteiger partial charge in [-0.1, -0.05) is 42.5 Å². The molecule has 0 amide bonds. The van der Waals surface area contributed by atoms with E-state index in [1.807, 2.05) is 37.4 Å². The van der Waals surface area contributed by atoms with Gasteiger partial charge >= 0.3 is 6.18 Å². The highest BCUT2D eigenvalue weighted by Gasteiger charge is 2.32. The SMILES string of the molecule is Cn1cnnc1-c1ccccc1-c1cccc(-c2cc(C(F)(F)F)cn(CCCl)c2=O)c1. The van der Waals surface area contributed by atoms with Gasteiger partial charge in [0.1, 0.15) is 6.33 Å². The second-order valence-electron chi connectivity index (χ2n) is 7.22. The molecule has 32 heavy (non-hydrogen) atoms. The minimum Gasteiger partial charge on any atom is -0.317 e.